The predicted molar refractivity (Wildman–Crippen MR) is 327 cm³/mol. The summed E-state index contributed by atoms with van der Waals surface area (Å²) in [6.45, 7) is 10.6. The maximum atomic E-state index is 12.7. The summed E-state index contributed by atoms with van der Waals surface area (Å²) in [6, 6.07) is 85.0. The summed E-state index contributed by atoms with van der Waals surface area (Å²) < 4.78 is 21.1. The number of rotatable bonds is 17. The molecule has 10 aromatic rings. The molecule has 0 spiro atoms. The van der Waals surface area contributed by atoms with E-state index < -0.39 is 45.9 Å². The molecule has 0 saturated carbocycles. The average Bonchev–Trinajstić information content (AvgIpc) is 4.29. The summed E-state index contributed by atoms with van der Waals surface area (Å²) in [4.78, 5) is 21.1. The van der Waals surface area contributed by atoms with E-state index in [9.17, 15) is 25.1 Å². The van der Waals surface area contributed by atoms with Crippen molar-refractivity contribution in [2.75, 3.05) is 0 Å². The minimum Gasteiger partial charge on any atom is -0.508 e. The van der Waals surface area contributed by atoms with Crippen LogP contribution in [-0.4, -0.2) is 25.1 Å². The Morgan fingerprint density at radius 3 is 1.01 bits per heavy atom. The van der Waals surface area contributed by atoms with E-state index in [1.54, 1.807) is 18.2 Å². The van der Waals surface area contributed by atoms with Crippen LogP contribution >= 0.6 is 18.1 Å². The molecule has 5 N–H and O–H groups in total. The minimum atomic E-state index is -1.62. The van der Waals surface area contributed by atoms with Crippen LogP contribution < -0.4 is 4.74 Å². The fraction of sp³-hybridized carbons (Fsp3) is 0.155. The Morgan fingerprint density at radius 1 is 0.370 bits per heavy atom. The molecule has 81 heavy (non-hydrogen) atoms. The molecule has 0 aliphatic heterocycles. The molecular weight excluding hydrogens is 1040 g/mol. The number of aromatic hydroxyl groups is 2. The first-order valence-corrected chi connectivity index (χ1v) is 28.6. The quantitative estimate of drug-likeness (QED) is 0.0570. The summed E-state index contributed by atoms with van der Waals surface area (Å²) in [5.41, 5.74) is 3.54. The molecule has 11 rings (SSSR count). The molecule has 0 aromatic heterocycles. The third-order valence-electron chi connectivity index (χ3n) is 15.7. The van der Waals surface area contributed by atoms with Crippen molar-refractivity contribution in [2.24, 2.45) is 0 Å². The summed E-state index contributed by atoms with van der Waals surface area (Å²) in [6.07, 6.45) is 0. The van der Waals surface area contributed by atoms with E-state index in [1.165, 1.54) is 0 Å². The molecule has 1 aliphatic carbocycles. The van der Waals surface area contributed by atoms with E-state index in [-0.39, 0.29) is 16.9 Å². The summed E-state index contributed by atoms with van der Waals surface area (Å²) in [5.74, 6) is 0.768. The molecule has 0 amide bonds. The highest BCUT2D eigenvalue weighted by Gasteiger charge is 2.61. The van der Waals surface area contributed by atoms with Gasteiger partial charge in [0.15, 0.2) is 40.5 Å². The highest BCUT2D eigenvalue weighted by molar-refractivity contribution is 7.25. The van der Waals surface area contributed by atoms with Crippen LogP contribution in [0.2, 0.25) is 0 Å². The third kappa shape index (κ3) is 10.2. The number of phenols is 2. The van der Waals surface area contributed by atoms with Gasteiger partial charge in [0.2, 0.25) is 0 Å². The molecule has 10 heteroatoms. The Kier molecular flexibility index (Phi) is 16.3. The largest absolute Gasteiger partial charge is 0.508 e. The third-order valence-corrected chi connectivity index (χ3v) is 16.4. The lowest BCUT2D eigenvalue weighted by atomic mass is 9.66. The van der Waals surface area contributed by atoms with Crippen LogP contribution in [0.5, 0.6) is 17.2 Å². The van der Waals surface area contributed by atoms with E-state index in [4.69, 9.17) is 13.8 Å². The first kappa shape index (κ1) is 56.5. The van der Waals surface area contributed by atoms with E-state index >= 15 is 0 Å². The zero-order valence-electron chi connectivity index (χ0n) is 45.9. The number of benzene rings is 10. The van der Waals surface area contributed by atoms with E-state index in [2.05, 4.69) is 34.6 Å². The van der Waals surface area contributed by atoms with Gasteiger partial charge in [-0.15, -0.1) is 0 Å². The molecule has 0 saturated heterocycles. The van der Waals surface area contributed by atoms with Crippen molar-refractivity contribution in [3.63, 3.8) is 0 Å². The van der Waals surface area contributed by atoms with Crippen LogP contribution in [0.1, 0.15) is 95.8 Å². The van der Waals surface area contributed by atoms with Crippen LogP contribution in [0.4, 0.5) is 0 Å². The fourth-order valence-corrected chi connectivity index (χ4v) is 12.9. The van der Waals surface area contributed by atoms with Gasteiger partial charge >= 0.3 is 0 Å². The molecule has 8 nitrogen and oxygen atoms in total. The number of hydrogen-bond acceptors (Lipinski definition) is 8. The van der Waals surface area contributed by atoms with Crippen molar-refractivity contribution < 1.29 is 38.9 Å². The molecule has 408 valence electrons. The van der Waals surface area contributed by atoms with E-state index in [0.29, 0.717) is 22.4 Å². The second-order valence-electron chi connectivity index (χ2n) is 21.8. The van der Waals surface area contributed by atoms with Crippen molar-refractivity contribution in [2.45, 2.75) is 67.9 Å². The van der Waals surface area contributed by atoms with Crippen LogP contribution in [0, 0.1) is 0 Å². The molecule has 10 aromatic carbocycles. The number of ether oxygens (including phenoxy) is 1. The van der Waals surface area contributed by atoms with Crippen LogP contribution in [0.15, 0.2) is 267 Å². The maximum Gasteiger partial charge on any atom is 0.197 e. The minimum absolute atomic E-state index is 0.0910. The topological polar surface area (TPSA) is 129 Å². The van der Waals surface area contributed by atoms with Gasteiger partial charge in [-0.3, -0.25) is 0 Å². The highest BCUT2D eigenvalue weighted by Crippen LogP contribution is 2.62. The lowest BCUT2D eigenvalue weighted by molar-refractivity contribution is -0.0921. The van der Waals surface area contributed by atoms with Crippen LogP contribution in [-0.2, 0) is 42.3 Å². The smallest absolute Gasteiger partial charge is 0.197 e. The molecule has 0 bridgehead atoms. The Balaban J connectivity index is 0.000000208. The van der Waals surface area contributed by atoms with Crippen molar-refractivity contribution in [3.05, 3.63) is 328 Å². The Morgan fingerprint density at radius 2 is 0.667 bits per heavy atom. The zero-order valence-corrected chi connectivity index (χ0v) is 47.9. The van der Waals surface area contributed by atoms with E-state index in [0.717, 1.165) is 55.6 Å². The summed E-state index contributed by atoms with van der Waals surface area (Å²) >= 11 is 0. The van der Waals surface area contributed by atoms with Gasteiger partial charge in [-0.25, -0.2) is 0 Å². The van der Waals surface area contributed by atoms with Crippen molar-refractivity contribution >= 4 is 18.1 Å². The van der Waals surface area contributed by atoms with Gasteiger partial charge < -0.3 is 38.9 Å². The molecule has 2 unspecified atom stereocenters. The molecule has 0 fully saturated rings. The number of hydrogen-bond donors (Lipinski definition) is 5. The van der Waals surface area contributed by atoms with Gasteiger partial charge in [-0.1, -0.05) is 277 Å². The van der Waals surface area contributed by atoms with Gasteiger partial charge in [0.25, 0.3) is 0 Å². The highest BCUT2D eigenvalue weighted by atomic mass is 31.1. The zero-order chi connectivity index (χ0) is 56.9. The Hall–Kier alpha value is -7.74. The number of phenolic OH excluding ortho intramolecular Hbond substituents is 2. The SMILES string of the molecule is CC(C)(C)c1cc(O)cc(-c2cc(O)cc3c2C3(C)C)c1OC(c1ccccc1)(c1ccccc1)C(OPO)(c1ccccc1)c1ccccc1.OPOC(c1ccccc1)(c1ccccc1)C(O)(c1ccccc1)c1ccccc1. The molecular formula is C71H66O8P2. The Bertz CT molecular complexity index is 3520. The van der Waals surface area contributed by atoms with Gasteiger partial charge in [0.05, 0.1) is 0 Å². The van der Waals surface area contributed by atoms with Gasteiger partial charge in [-0.05, 0) is 79.8 Å². The fourth-order valence-electron chi connectivity index (χ4n) is 11.9. The number of fused-ring (bicyclic) bond motifs is 1. The van der Waals surface area contributed by atoms with Crippen molar-refractivity contribution in [3.8, 4) is 28.4 Å². The average molecular weight is 1110 g/mol. The van der Waals surface area contributed by atoms with Crippen molar-refractivity contribution in [1.82, 2.24) is 0 Å². The summed E-state index contributed by atoms with van der Waals surface area (Å²) in [5, 5.41) is 35.1. The van der Waals surface area contributed by atoms with Crippen LogP contribution in [0.3, 0.4) is 0 Å². The normalized spacial score (nSPS) is 13.4. The summed E-state index contributed by atoms with van der Waals surface area (Å²) in [7, 11) is -1.75. The lowest BCUT2D eigenvalue weighted by Crippen LogP contribution is -2.55. The molecule has 2 atom stereocenters. The maximum absolute atomic E-state index is 12.7. The first-order valence-electron chi connectivity index (χ1n) is 26.9. The van der Waals surface area contributed by atoms with Crippen LogP contribution in [0.25, 0.3) is 11.1 Å². The second-order valence-corrected chi connectivity index (χ2v) is 22.6. The van der Waals surface area contributed by atoms with E-state index in [1.807, 2.05) is 249 Å². The van der Waals surface area contributed by atoms with Gasteiger partial charge in [0.1, 0.15) is 17.2 Å². The van der Waals surface area contributed by atoms with Crippen molar-refractivity contribution in [1.29, 1.82) is 0 Å². The molecule has 0 radical (unpaired) electrons. The van der Waals surface area contributed by atoms with Gasteiger partial charge in [0, 0.05) is 27.7 Å². The molecule has 1 aliphatic rings. The first-order chi connectivity index (χ1) is 39.2. The Labute approximate surface area is 478 Å². The lowest BCUT2D eigenvalue weighted by Gasteiger charge is -2.51. The number of aliphatic hydroxyl groups is 1. The second kappa shape index (κ2) is 23.4. The van der Waals surface area contributed by atoms with Gasteiger partial charge in [-0.2, -0.15) is 0 Å². The monoisotopic (exact) mass is 1110 g/mol. The standard InChI is InChI=1S/C45H43O5P.C26H23O3P/c1-42(2,3)39-29-35(47)27-37(36-26-34(46)28-38-40(36)43(38,4)5)41(39)49-44(30-18-10-6-11-19-30,31-20-12-7-13-21-31)45(50-51-48,32-22-14-8-15-23-32)33-24-16-9-17-25-33;27-25(21-13-5-1-6-14-21,22-15-7-2-8-16-22)26(29-30-28,23-17-9-3-10-18-23)24-19-11-4-12-20-24/h6-29,46-48,51H,1-5H3;1-20,27-28,30H. The molecule has 0 heterocycles. The predicted octanol–water partition coefficient (Wildman–Crippen LogP) is 15.9.